The van der Waals surface area contributed by atoms with Gasteiger partial charge >= 0.3 is 0 Å². The molecule has 0 aliphatic rings. The van der Waals surface area contributed by atoms with E-state index in [9.17, 15) is 4.79 Å². The van der Waals surface area contributed by atoms with E-state index in [1.807, 2.05) is 30.6 Å². The van der Waals surface area contributed by atoms with Gasteiger partial charge in [0.1, 0.15) is 0 Å². The molecule has 0 saturated heterocycles. The number of hydrogen-bond donors (Lipinski definition) is 1. The predicted octanol–water partition coefficient (Wildman–Crippen LogP) is 0.374. The maximum atomic E-state index is 10.9. The van der Waals surface area contributed by atoms with E-state index in [-0.39, 0.29) is 6.42 Å². The molecule has 0 atom stereocenters. The number of hydrogen-bond acceptors (Lipinski definition) is 3. The van der Waals surface area contributed by atoms with Gasteiger partial charge in [-0.15, -0.1) is 0 Å². The molecule has 0 radical (unpaired) electrons. The minimum Gasteiger partial charge on any atom is -0.369 e. The highest BCUT2D eigenvalue weighted by molar-refractivity contribution is 5.77. The molecule has 2 N–H and O–H groups in total. The van der Waals surface area contributed by atoms with Crippen molar-refractivity contribution in [1.82, 2.24) is 14.4 Å². The molecule has 0 aliphatic carbocycles. The lowest BCUT2D eigenvalue weighted by molar-refractivity contribution is -0.117. The number of carbonyl (C=O) groups excluding carboxylic acids is 1. The summed E-state index contributed by atoms with van der Waals surface area (Å²) in [5.74, 6) is -0.393. The van der Waals surface area contributed by atoms with Gasteiger partial charge in [-0.1, -0.05) is 0 Å². The van der Waals surface area contributed by atoms with Crippen LogP contribution in [0.1, 0.15) is 17.1 Å². The standard InChI is InChI=1S/C10H12N4O/c1-6-4-14-5-7(2)13-10(14)8(12-6)3-9(11)15/h4-5H,3H2,1-2H3,(H2,11,15). The summed E-state index contributed by atoms with van der Waals surface area (Å²) in [6.45, 7) is 3.77. The van der Waals surface area contributed by atoms with E-state index in [1.54, 1.807) is 0 Å². The first-order valence-electron chi connectivity index (χ1n) is 4.66. The molecule has 0 unspecified atom stereocenters. The molecule has 0 fully saturated rings. The molecule has 1 amide bonds. The van der Waals surface area contributed by atoms with E-state index in [0.29, 0.717) is 11.3 Å². The number of aryl methyl sites for hydroxylation is 2. The summed E-state index contributed by atoms with van der Waals surface area (Å²) in [7, 11) is 0. The van der Waals surface area contributed by atoms with Crippen LogP contribution < -0.4 is 5.73 Å². The van der Waals surface area contributed by atoms with E-state index in [0.717, 1.165) is 11.4 Å². The van der Waals surface area contributed by atoms with Crippen molar-refractivity contribution in [2.45, 2.75) is 20.3 Å². The van der Waals surface area contributed by atoms with Crippen LogP contribution in [0.25, 0.3) is 5.65 Å². The predicted molar refractivity (Wildman–Crippen MR) is 55.4 cm³/mol. The molecular formula is C10H12N4O. The number of imidazole rings is 1. The summed E-state index contributed by atoms with van der Waals surface area (Å²) >= 11 is 0. The van der Waals surface area contributed by atoms with Gasteiger partial charge in [-0.2, -0.15) is 0 Å². The van der Waals surface area contributed by atoms with Crippen LogP contribution in [0.5, 0.6) is 0 Å². The first-order chi connectivity index (χ1) is 7.06. The van der Waals surface area contributed by atoms with Crippen molar-refractivity contribution < 1.29 is 4.79 Å². The molecule has 0 saturated carbocycles. The average molecular weight is 204 g/mol. The quantitative estimate of drug-likeness (QED) is 0.768. The smallest absolute Gasteiger partial charge is 0.223 e. The first-order valence-corrected chi connectivity index (χ1v) is 4.66. The highest BCUT2D eigenvalue weighted by atomic mass is 16.1. The number of nitrogens with zero attached hydrogens (tertiary/aromatic N) is 3. The summed E-state index contributed by atoms with van der Waals surface area (Å²) in [6.07, 6.45) is 3.90. The van der Waals surface area contributed by atoms with Gasteiger partial charge in [0.25, 0.3) is 0 Å². The average Bonchev–Trinajstić information content (AvgIpc) is 2.44. The van der Waals surface area contributed by atoms with Gasteiger partial charge in [0.2, 0.25) is 5.91 Å². The van der Waals surface area contributed by atoms with Crippen LogP contribution in [0.2, 0.25) is 0 Å². The Morgan fingerprint density at radius 1 is 1.33 bits per heavy atom. The van der Waals surface area contributed by atoms with Crippen LogP contribution in [-0.4, -0.2) is 20.3 Å². The third kappa shape index (κ3) is 1.81. The largest absolute Gasteiger partial charge is 0.369 e. The Morgan fingerprint density at radius 3 is 2.53 bits per heavy atom. The van der Waals surface area contributed by atoms with Crippen LogP contribution in [0, 0.1) is 13.8 Å². The zero-order chi connectivity index (χ0) is 11.0. The molecule has 5 nitrogen and oxygen atoms in total. The molecule has 0 aromatic carbocycles. The molecule has 0 bridgehead atoms. The second-order valence-electron chi connectivity index (χ2n) is 3.59. The zero-order valence-electron chi connectivity index (χ0n) is 8.69. The van der Waals surface area contributed by atoms with Crippen molar-refractivity contribution in [1.29, 1.82) is 0 Å². The van der Waals surface area contributed by atoms with E-state index < -0.39 is 5.91 Å². The lowest BCUT2D eigenvalue weighted by Gasteiger charge is -2.02. The topological polar surface area (TPSA) is 73.3 Å². The fraction of sp³-hybridized carbons (Fsp3) is 0.300. The molecule has 2 aromatic rings. The van der Waals surface area contributed by atoms with Crippen LogP contribution in [0.15, 0.2) is 12.4 Å². The Balaban J connectivity index is 2.64. The molecule has 2 aromatic heterocycles. The van der Waals surface area contributed by atoms with Crippen molar-refractivity contribution in [2.75, 3.05) is 0 Å². The number of rotatable bonds is 2. The third-order valence-corrected chi connectivity index (χ3v) is 2.09. The van der Waals surface area contributed by atoms with E-state index >= 15 is 0 Å². The zero-order valence-corrected chi connectivity index (χ0v) is 8.69. The SMILES string of the molecule is Cc1cn2cc(C)nc2c(CC(N)=O)n1. The van der Waals surface area contributed by atoms with Crippen molar-refractivity contribution in [3.8, 4) is 0 Å². The molecule has 2 rings (SSSR count). The molecule has 15 heavy (non-hydrogen) atoms. The van der Waals surface area contributed by atoms with Gasteiger partial charge < -0.3 is 10.1 Å². The fourth-order valence-corrected chi connectivity index (χ4v) is 1.60. The molecule has 2 heterocycles. The normalized spacial score (nSPS) is 10.8. The van der Waals surface area contributed by atoms with E-state index in [1.165, 1.54) is 0 Å². The maximum Gasteiger partial charge on any atom is 0.223 e. The van der Waals surface area contributed by atoms with E-state index in [2.05, 4.69) is 9.97 Å². The van der Waals surface area contributed by atoms with Gasteiger partial charge in [-0.3, -0.25) is 9.78 Å². The van der Waals surface area contributed by atoms with E-state index in [4.69, 9.17) is 5.73 Å². The Bertz CT molecular complexity index is 529. The number of fused-ring (bicyclic) bond motifs is 1. The van der Waals surface area contributed by atoms with Crippen molar-refractivity contribution >= 4 is 11.6 Å². The van der Waals surface area contributed by atoms with Crippen molar-refractivity contribution in [3.05, 3.63) is 29.5 Å². The Kier molecular flexibility index (Phi) is 2.15. The van der Waals surface area contributed by atoms with Crippen LogP contribution >= 0.6 is 0 Å². The second kappa shape index (κ2) is 3.34. The lowest BCUT2D eigenvalue weighted by Crippen LogP contribution is -2.15. The van der Waals surface area contributed by atoms with Crippen molar-refractivity contribution in [3.63, 3.8) is 0 Å². The van der Waals surface area contributed by atoms with Gasteiger partial charge in [0, 0.05) is 12.4 Å². The van der Waals surface area contributed by atoms with Gasteiger partial charge in [-0.25, -0.2) is 4.98 Å². The lowest BCUT2D eigenvalue weighted by atomic mass is 10.3. The summed E-state index contributed by atoms with van der Waals surface area (Å²) in [4.78, 5) is 19.4. The van der Waals surface area contributed by atoms with Crippen LogP contribution in [-0.2, 0) is 11.2 Å². The number of aromatic nitrogens is 3. The second-order valence-corrected chi connectivity index (χ2v) is 3.59. The fourth-order valence-electron chi connectivity index (χ4n) is 1.60. The van der Waals surface area contributed by atoms with Gasteiger partial charge in [0.05, 0.1) is 23.5 Å². The highest BCUT2D eigenvalue weighted by Gasteiger charge is 2.09. The maximum absolute atomic E-state index is 10.9. The minimum absolute atomic E-state index is 0.127. The molecule has 5 heteroatoms. The van der Waals surface area contributed by atoms with Crippen molar-refractivity contribution in [2.24, 2.45) is 5.73 Å². The third-order valence-electron chi connectivity index (χ3n) is 2.09. The summed E-state index contributed by atoms with van der Waals surface area (Å²) in [5.41, 5.74) is 8.24. The first kappa shape index (κ1) is 9.64. The summed E-state index contributed by atoms with van der Waals surface area (Å²) in [6, 6.07) is 0. The molecule has 78 valence electrons. The summed E-state index contributed by atoms with van der Waals surface area (Å²) < 4.78 is 1.87. The van der Waals surface area contributed by atoms with Gasteiger partial charge in [0.15, 0.2) is 5.65 Å². The molecule has 0 aliphatic heterocycles. The number of primary amides is 1. The van der Waals surface area contributed by atoms with Gasteiger partial charge in [-0.05, 0) is 13.8 Å². The Hall–Kier alpha value is -1.91. The Labute approximate surface area is 87.0 Å². The molecular weight excluding hydrogens is 192 g/mol. The Morgan fingerprint density at radius 2 is 1.93 bits per heavy atom. The van der Waals surface area contributed by atoms with Crippen LogP contribution in [0.4, 0.5) is 0 Å². The highest BCUT2D eigenvalue weighted by Crippen LogP contribution is 2.10. The molecule has 0 spiro atoms. The number of nitrogens with two attached hydrogens (primary N) is 1. The summed E-state index contributed by atoms with van der Waals surface area (Å²) in [5, 5.41) is 0. The number of carbonyl (C=O) groups is 1. The van der Waals surface area contributed by atoms with Crippen LogP contribution in [0.3, 0.4) is 0 Å². The minimum atomic E-state index is -0.393. The monoisotopic (exact) mass is 204 g/mol. The number of amides is 1.